The summed E-state index contributed by atoms with van der Waals surface area (Å²) in [5.41, 5.74) is 4.13. The maximum absolute atomic E-state index is 5.61. The largest absolute Gasteiger partial charge is 0.271 e. The summed E-state index contributed by atoms with van der Waals surface area (Å²) in [6.45, 7) is 4.46. The Labute approximate surface area is 100 Å². The van der Waals surface area contributed by atoms with E-state index in [1.807, 2.05) is 12.1 Å². The number of benzene rings is 1. The zero-order valence-electron chi connectivity index (χ0n) is 9.33. The fraction of sp³-hybridized carbons (Fsp3) is 0.500. The van der Waals surface area contributed by atoms with Crippen LogP contribution < -0.4 is 11.3 Å². The average molecular weight is 271 g/mol. The van der Waals surface area contributed by atoms with Gasteiger partial charge in [0.05, 0.1) is 0 Å². The van der Waals surface area contributed by atoms with Crippen molar-refractivity contribution in [1.82, 2.24) is 5.43 Å². The fourth-order valence-corrected chi connectivity index (χ4v) is 2.17. The van der Waals surface area contributed by atoms with Crippen molar-refractivity contribution in [2.75, 3.05) is 0 Å². The number of hydrogen-bond donors (Lipinski definition) is 2. The summed E-state index contributed by atoms with van der Waals surface area (Å²) in [7, 11) is 0. The summed E-state index contributed by atoms with van der Waals surface area (Å²) in [4.78, 5) is 0. The van der Waals surface area contributed by atoms with Gasteiger partial charge in [-0.15, -0.1) is 0 Å². The molecule has 84 valence electrons. The van der Waals surface area contributed by atoms with E-state index in [1.165, 1.54) is 12.0 Å². The van der Waals surface area contributed by atoms with Gasteiger partial charge < -0.3 is 0 Å². The summed E-state index contributed by atoms with van der Waals surface area (Å²) < 4.78 is 1.12. The van der Waals surface area contributed by atoms with E-state index in [-0.39, 0.29) is 6.04 Å². The number of rotatable bonds is 5. The minimum atomic E-state index is 0.232. The summed E-state index contributed by atoms with van der Waals surface area (Å²) in [5.74, 6) is 6.28. The quantitative estimate of drug-likeness (QED) is 0.636. The van der Waals surface area contributed by atoms with Crippen molar-refractivity contribution in [3.8, 4) is 0 Å². The van der Waals surface area contributed by atoms with Crippen LogP contribution in [0.25, 0.3) is 0 Å². The fourth-order valence-electron chi connectivity index (χ4n) is 1.61. The number of hydrogen-bond acceptors (Lipinski definition) is 2. The molecule has 1 rings (SSSR count). The lowest BCUT2D eigenvalue weighted by Gasteiger charge is -2.20. The topological polar surface area (TPSA) is 38.0 Å². The Morgan fingerprint density at radius 2 is 2.07 bits per heavy atom. The second-order valence-corrected chi connectivity index (χ2v) is 4.84. The molecule has 2 unspecified atom stereocenters. The molecule has 0 heterocycles. The van der Waals surface area contributed by atoms with Crippen molar-refractivity contribution in [1.29, 1.82) is 0 Å². The lowest BCUT2D eigenvalue weighted by atomic mass is 9.95. The van der Waals surface area contributed by atoms with Gasteiger partial charge >= 0.3 is 0 Å². The molecule has 0 saturated carbocycles. The SMILES string of the molecule is CCC(C)CC(NN)c1ccccc1Br. The van der Waals surface area contributed by atoms with Gasteiger partial charge in [-0.25, -0.2) is 0 Å². The van der Waals surface area contributed by atoms with E-state index in [2.05, 4.69) is 47.3 Å². The van der Waals surface area contributed by atoms with Gasteiger partial charge in [-0.3, -0.25) is 11.3 Å². The van der Waals surface area contributed by atoms with Crippen LogP contribution >= 0.6 is 15.9 Å². The maximum atomic E-state index is 5.61. The first-order chi connectivity index (χ1) is 7.19. The first kappa shape index (κ1) is 12.7. The molecule has 0 aliphatic heterocycles. The zero-order valence-corrected chi connectivity index (χ0v) is 10.9. The van der Waals surface area contributed by atoms with Crippen molar-refractivity contribution in [3.05, 3.63) is 34.3 Å². The number of hydrazine groups is 1. The Hall–Kier alpha value is -0.380. The molecule has 0 saturated heterocycles. The zero-order chi connectivity index (χ0) is 11.3. The molecule has 2 nitrogen and oxygen atoms in total. The Balaban J connectivity index is 2.78. The monoisotopic (exact) mass is 270 g/mol. The van der Waals surface area contributed by atoms with Gasteiger partial charge in [0.15, 0.2) is 0 Å². The van der Waals surface area contributed by atoms with Crippen LogP contribution in [0, 0.1) is 5.92 Å². The van der Waals surface area contributed by atoms with Crippen LogP contribution in [-0.2, 0) is 0 Å². The van der Waals surface area contributed by atoms with Crippen LogP contribution in [0.1, 0.15) is 38.3 Å². The van der Waals surface area contributed by atoms with Crippen LogP contribution in [0.4, 0.5) is 0 Å². The molecule has 2 atom stereocenters. The third kappa shape index (κ3) is 3.59. The lowest BCUT2D eigenvalue weighted by Crippen LogP contribution is -2.29. The molecule has 0 bridgehead atoms. The predicted molar refractivity (Wildman–Crippen MR) is 68.3 cm³/mol. The molecular weight excluding hydrogens is 252 g/mol. The standard InChI is InChI=1S/C12H19BrN2/c1-3-9(2)8-12(15-14)10-6-4-5-7-11(10)13/h4-7,9,12,15H,3,8,14H2,1-2H3. The van der Waals surface area contributed by atoms with Gasteiger partial charge in [0.1, 0.15) is 0 Å². The normalized spacial score (nSPS) is 14.9. The highest BCUT2D eigenvalue weighted by atomic mass is 79.9. The molecule has 0 aliphatic carbocycles. The molecule has 0 radical (unpaired) electrons. The van der Waals surface area contributed by atoms with Crippen LogP contribution in [0.5, 0.6) is 0 Å². The Kier molecular flexibility index (Phi) is 5.29. The first-order valence-corrected chi connectivity index (χ1v) is 6.18. The molecule has 1 aromatic rings. The van der Waals surface area contributed by atoms with E-state index >= 15 is 0 Å². The van der Waals surface area contributed by atoms with Crippen molar-refractivity contribution < 1.29 is 0 Å². The van der Waals surface area contributed by atoms with Crippen LogP contribution in [0.3, 0.4) is 0 Å². The Bertz CT molecular complexity index is 301. The van der Waals surface area contributed by atoms with Gasteiger partial charge in [-0.05, 0) is 24.0 Å². The second kappa shape index (κ2) is 6.26. The molecule has 0 spiro atoms. The summed E-state index contributed by atoms with van der Waals surface area (Å²) >= 11 is 3.55. The lowest BCUT2D eigenvalue weighted by molar-refractivity contribution is 0.407. The Morgan fingerprint density at radius 1 is 1.40 bits per heavy atom. The van der Waals surface area contributed by atoms with Crippen LogP contribution in [-0.4, -0.2) is 0 Å². The van der Waals surface area contributed by atoms with Gasteiger partial charge in [0, 0.05) is 10.5 Å². The smallest absolute Gasteiger partial charge is 0.0473 e. The first-order valence-electron chi connectivity index (χ1n) is 5.39. The third-order valence-electron chi connectivity index (χ3n) is 2.82. The van der Waals surface area contributed by atoms with Gasteiger partial charge in [-0.1, -0.05) is 54.4 Å². The number of nitrogens with one attached hydrogen (secondary N) is 1. The number of nitrogens with two attached hydrogens (primary N) is 1. The minimum Gasteiger partial charge on any atom is -0.271 e. The summed E-state index contributed by atoms with van der Waals surface area (Å²) in [5, 5.41) is 0. The van der Waals surface area contributed by atoms with E-state index in [0.717, 1.165) is 10.9 Å². The van der Waals surface area contributed by atoms with Crippen molar-refractivity contribution >= 4 is 15.9 Å². The van der Waals surface area contributed by atoms with Gasteiger partial charge in [0.25, 0.3) is 0 Å². The van der Waals surface area contributed by atoms with Crippen LogP contribution in [0.2, 0.25) is 0 Å². The molecular formula is C12H19BrN2. The second-order valence-electron chi connectivity index (χ2n) is 3.99. The maximum Gasteiger partial charge on any atom is 0.0473 e. The number of halogens is 1. The van der Waals surface area contributed by atoms with Crippen molar-refractivity contribution in [3.63, 3.8) is 0 Å². The van der Waals surface area contributed by atoms with E-state index in [9.17, 15) is 0 Å². The molecule has 3 N–H and O–H groups in total. The average Bonchev–Trinajstić information content (AvgIpc) is 2.26. The molecule has 0 amide bonds. The molecule has 0 aromatic heterocycles. The van der Waals surface area contributed by atoms with Crippen molar-refractivity contribution in [2.24, 2.45) is 11.8 Å². The van der Waals surface area contributed by atoms with E-state index < -0.39 is 0 Å². The molecule has 1 aromatic carbocycles. The van der Waals surface area contributed by atoms with Crippen LogP contribution in [0.15, 0.2) is 28.7 Å². The highest BCUT2D eigenvalue weighted by Gasteiger charge is 2.14. The van der Waals surface area contributed by atoms with Crippen molar-refractivity contribution in [2.45, 2.75) is 32.7 Å². The minimum absolute atomic E-state index is 0.232. The van der Waals surface area contributed by atoms with Gasteiger partial charge in [0.2, 0.25) is 0 Å². The summed E-state index contributed by atoms with van der Waals surface area (Å²) in [6, 6.07) is 8.45. The predicted octanol–water partition coefficient (Wildman–Crippen LogP) is 3.39. The Morgan fingerprint density at radius 3 is 2.60 bits per heavy atom. The third-order valence-corrected chi connectivity index (χ3v) is 3.54. The van der Waals surface area contributed by atoms with Gasteiger partial charge in [-0.2, -0.15) is 0 Å². The molecule has 15 heavy (non-hydrogen) atoms. The van der Waals surface area contributed by atoms with E-state index in [0.29, 0.717) is 5.92 Å². The van der Waals surface area contributed by atoms with E-state index in [1.54, 1.807) is 0 Å². The highest BCUT2D eigenvalue weighted by Crippen LogP contribution is 2.27. The summed E-state index contributed by atoms with van der Waals surface area (Å²) in [6.07, 6.45) is 2.25. The molecule has 0 aliphatic rings. The van der Waals surface area contributed by atoms with E-state index in [4.69, 9.17) is 5.84 Å². The molecule has 0 fully saturated rings. The highest BCUT2D eigenvalue weighted by molar-refractivity contribution is 9.10. The molecule has 3 heteroatoms.